The van der Waals surface area contributed by atoms with Crippen molar-refractivity contribution in [3.05, 3.63) is 99.9 Å². The Bertz CT molecular complexity index is 1440. The van der Waals surface area contributed by atoms with Crippen molar-refractivity contribution < 1.29 is 9.90 Å². The summed E-state index contributed by atoms with van der Waals surface area (Å²) >= 11 is 0. The van der Waals surface area contributed by atoms with Crippen molar-refractivity contribution in [2.45, 2.75) is 32.9 Å². The average Bonchev–Trinajstić information content (AvgIpc) is 3.22. The van der Waals surface area contributed by atoms with Gasteiger partial charge in [-0.15, -0.1) is 0 Å². The molecule has 0 radical (unpaired) electrons. The van der Waals surface area contributed by atoms with Crippen LogP contribution in [0.1, 0.15) is 39.2 Å². The van der Waals surface area contributed by atoms with Gasteiger partial charge >= 0.3 is 6.09 Å². The first-order valence-corrected chi connectivity index (χ1v) is 11.5. The molecule has 0 fully saturated rings. The van der Waals surface area contributed by atoms with E-state index in [1.807, 2.05) is 61.5 Å². The SMILES string of the molecule is Cc1nc2ccc(CN(Cc3ccc(C(=N)N)cc3CCc3ccc(C(=N)N)cc3)C(=O)O)cc2[nH]1. The Morgan fingerprint density at radius 3 is 2.22 bits per heavy atom. The molecule has 0 saturated heterocycles. The van der Waals surface area contributed by atoms with Gasteiger partial charge in [0.1, 0.15) is 17.5 Å². The maximum absolute atomic E-state index is 12.2. The van der Waals surface area contributed by atoms with Crippen molar-refractivity contribution in [1.82, 2.24) is 14.9 Å². The third-order valence-electron chi connectivity index (χ3n) is 6.14. The largest absolute Gasteiger partial charge is 0.465 e. The standard InChI is InChI=1S/C27H29N7O2/c1-16-32-23-11-5-18(12-24(23)33-16)14-34(27(35)36)15-22-10-9-21(26(30)31)13-20(22)8-4-17-2-6-19(7-3-17)25(28)29/h2-3,5-7,9-13H,4,8,14-15H2,1H3,(H3,28,29)(H3,30,31)(H,32,33)(H,35,36). The second-order valence-corrected chi connectivity index (χ2v) is 8.82. The number of nitrogens with zero attached hydrogens (tertiary/aromatic N) is 2. The van der Waals surface area contributed by atoms with E-state index in [1.54, 1.807) is 6.07 Å². The van der Waals surface area contributed by atoms with Crippen molar-refractivity contribution in [1.29, 1.82) is 10.8 Å². The van der Waals surface area contributed by atoms with E-state index in [4.69, 9.17) is 22.3 Å². The predicted octanol–water partition coefficient (Wildman–Crippen LogP) is 3.90. The Kier molecular flexibility index (Phi) is 7.00. The maximum atomic E-state index is 12.2. The molecule has 0 bridgehead atoms. The van der Waals surface area contributed by atoms with Crippen molar-refractivity contribution in [3.63, 3.8) is 0 Å². The number of fused-ring (bicyclic) bond motifs is 1. The third-order valence-corrected chi connectivity index (χ3v) is 6.14. The minimum Gasteiger partial charge on any atom is -0.465 e. The Balaban J connectivity index is 1.56. The van der Waals surface area contributed by atoms with Crippen LogP contribution in [-0.2, 0) is 25.9 Å². The van der Waals surface area contributed by atoms with Crippen LogP contribution in [0.3, 0.4) is 0 Å². The number of amidine groups is 2. The van der Waals surface area contributed by atoms with Crippen LogP contribution in [-0.4, -0.2) is 37.7 Å². The van der Waals surface area contributed by atoms with Gasteiger partial charge in [-0.2, -0.15) is 0 Å². The van der Waals surface area contributed by atoms with Gasteiger partial charge in [0.2, 0.25) is 0 Å². The molecule has 0 aliphatic heterocycles. The molecule has 184 valence electrons. The highest BCUT2D eigenvalue weighted by Gasteiger charge is 2.17. The number of hydrogen-bond donors (Lipinski definition) is 6. The lowest BCUT2D eigenvalue weighted by atomic mass is 9.96. The molecule has 1 aromatic heterocycles. The fraction of sp³-hybridized carbons (Fsp3) is 0.185. The second-order valence-electron chi connectivity index (χ2n) is 8.82. The first kappa shape index (κ1) is 24.5. The van der Waals surface area contributed by atoms with Crippen LogP contribution in [0.4, 0.5) is 4.79 Å². The summed E-state index contributed by atoms with van der Waals surface area (Å²) in [7, 11) is 0. The lowest BCUT2D eigenvalue weighted by molar-refractivity contribution is 0.139. The van der Waals surface area contributed by atoms with E-state index in [2.05, 4.69) is 9.97 Å². The summed E-state index contributed by atoms with van der Waals surface area (Å²) < 4.78 is 0. The lowest BCUT2D eigenvalue weighted by Gasteiger charge is -2.22. The molecule has 0 spiro atoms. The van der Waals surface area contributed by atoms with E-state index >= 15 is 0 Å². The van der Waals surface area contributed by atoms with Gasteiger partial charge < -0.3 is 21.6 Å². The Labute approximate surface area is 208 Å². The first-order valence-electron chi connectivity index (χ1n) is 11.5. The smallest absolute Gasteiger partial charge is 0.407 e. The van der Waals surface area contributed by atoms with Crippen LogP contribution in [0.15, 0.2) is 60.7 Å². The highest BCUT2D eigenvalue weighted by atomic mass is 16.4. The number of carbonyl (C=O) groups is 1. The fourth-order valence-electron chi connectivity index (χ4n) is 4.21. The number of nitrogen functional groups attached to an aromatic ring is 2. The van der Waals surface area contributed by atoms with E-state index < -0.39 is 6.09 Å². The van der Waals surface area contributed by atoms with Crippen molar-refractivity contribution in [2.24, 2.45) is 11.5 Å². The monoisotopic (exact) mass is 483 g/mol. The zero-order chi connectivity index (χ0) is 25.8. The molecular weight excluding hydrogens is 454 g/mol. The van der Waals surface area contributed by atoms with Crippen LogP contribution in [0.2, 0.25) is 0 Å². The van der Waals surface area contributed by atoms with E-state index in [0.29, 0.717) is 24.0 Å². The molecule has 0 aliphatic rings. The maximum Gasteiger partial charge on any atom is 0.407 e. The highest BCUT2D eigenvalue weighted by molar-refractivity contribution is 5.95. The Morgan fingerprint density at radius 1 is 0.889 bits per heavy atom. The summed E-state index contributed by atoms with van der Waals surface area (Å²) in [5.74, 6) is 0.795. The van der Waals surface area contributed by atoms with Crippen LogP contribution in [0.5, 0.6) is 0 Å². The summed E-state index contributed by atoms with van der Waals surface area (Å²) in [5.41, 5.74) is 18.0. The van der Waals surface area contributed by atoms with Gasteiger partial charge in [0, 0.05) is 24.2 Å². The molecule has 9 nitrogen and oxygen atoms in total. The summed E-state index contributed by atoms with van der Waals surface area (Å²) in [4.78, 5) is 21.1. The van der Waals surface area contributed by atoms with Gasteiger partial charge in [0.25, 0.3) is 0 Å². The number of benzene rings is 3. The molecule has 3 aromatic carbocycles. The number of amides is 1. The highest BCUT2D eigenvalue weighted by Crippen LogP contribution is 2.21. The number of rotatable bonds is 9. The van der Waals surface area contributed by atoms with Gasteiger partial charge in [-0.25, -0.2) is 9.78 Å². The summed E-state index contributed by atoms with van der Waals surface area (Å²) in [5, 5.41) is 25.3. The molecule has 0 aliphatic carbocycles. The predicted molar refractivity (Wildman–Crippen MR) is 140 cm³/mol. The van der Waals surface area contributed by atoms with Crippen LogP contribution in [0.25, 0.3) is 11.0 Å². The molecule has 9 heteroatoms. The number of carboxylic acid groups (broad SMARTS) is 1. The number of nitrogens with one attached hydrogen (secondary N) is 3. The van der Waals surface area contributed by atoms with Gasteiger partial charge in [-0.05, 0) is 60.2 Å². The fourth-order valence-corrected chi connectivity index (χ4v) is 4.21. The summed E-state index contributed by atoms with van der Waals surface area (Å²) in [6.45, 7) is 2.31. The van der Waals surface area contributed by atoms with E-state index in [0.717, 1.165) is 39.1 Å². The van der Waals surface area contributed by atoms with E-state index in [1.165, 1.54) is 4.90 Å². The topological polar surface area (TPSA) is 169 Å². The Morgan fingerprint density at radius 2 is 1.56 bits per heavy atom. The van der Waals surface area contributed by atoms with E-state index in [9.17, 15) is 9.90 Å². The summed E-state index contributed by atoms with van der Waals surface area (Å²) in [6.07, 6.45) is 0.329. The molecule has 0 atom stereocenters. The normalized spacial score (nSPS) is 10.9. The number of H-pyrrole nitrogens is 1. The van der Waals surface area contributed by atoms with Crippen LogP contribution >= 0.6 is 0 Å². The lowest BCUT2D eigenvalue weighted by Crippen LogP contribution is -2.29. The third kappa shape index (κ3) is 5.69. The minimum absolute atomic E-state index is 0.0218. The van der Waals surface area contributed by atoms with Gasteiger partial charge in [-0.1, -0.05) is 42.5 Å². The number of aromatic nitrogens is 2. The number of aromatic amines is 1. The first-order chi connectivity index (χ1) is 17.2. The zero-order valence-electron chi connectivity index (χ0n) is 20.0. The van der Waals surface area contributed by atoms with Crippen molar-refractivity contribution in [2.75, 3.05) is 0 Å². The Hall–Kier alpha value is -4.66. The molecule has 4 rings (SSSR count). The molecule has 8 N–H and O–H groups in total. The molecule has 0 unspecified atom stereocenters. The molecule has 4 aromatic rings. The van der Waals surface area contributed by atoms with Gasteiger partial charge in [-0.3, -0.25) is 15.7 Å². The number of imidazole rings is 1. The molecule has 1 heterocycles. The van der Waals surface area contributed by atoms with Gasteiger partial charge in [0.15, 0.2) is 0 Å². The number of hydrogen-bond acceptors (Lipinski definition) is 4. The van der Waals surface area contributed by atoms with Gasteiger partial charge in [0.05, 0.1) is 11.0 Å². The quantitative estimate of drug-likeness (QED) is 0.156. The number of nitrogens with two attached hydrogens (primary N) is 2. The van der Waals surface area contributed by atoms with Crippen molar-refractivity contribution in [3.8, 4) is 0 Å². The molecule has 36 heavy (non-hydrogen) atoms. The molecule has 1 amide bonds. The average molecular weight is 484 g/mol. The van der Waals surface area contributed by atoms with Crippen molar-refractivity contribution >= 4 is 28.8 Å². The minimum atomic E-state index is -1.02. The van der Waals surface area contributed by atoms with Crippen LogP contribution < -0.4 is 11.5 Å². The number of aryl methyl sites for hydroxylation is 3. The second kappa shape index (κ2) is 10.3. The van der Waals surface area contributed by atoms with E-state index in [-0.39, 0.29) is 24.8 Å². The summed E-state index contributed by atoms with van der Waals surface area (Å²) in [6, 6.07) is 18.7. The molecular formula is C27H29N7O2. The van der Waals surface area contributed by atoms with Crippen LogP contribution in [0, 0.1) is 17.7 Å². The zero-order valence-corrected chi connectivity index (χ0v) is 20.0. The molecule has 0 saturated carbocycles.